The minimum absolute atomic E-state index is 0.101. The quantitative estimate of drug-likeness (QED) is 0.198. The number of benzene rings is 5. The van der Waals surface area contributed by atoms with E-state index in [2.05, 4.69) is 156 Å². The van der Waals surface area contributed by atoms with Crippen LogP contribution in [0.1, 0.15) is 41.7 Å². The van der Waals surface area contributed by atoms with Crippen molar-refractivity contribution in [1.82, 2.24) is 14.5 Å². The molecule has 3 aliphatic rings. The summed E-state index contributed by atoms with van der Waals surface area (Å²) in [7, 11) is 0. The number of hydrogen-bond acceptors (Lipinski definition) is 3. The van der Waals surface area contributed by atoms with E-state index in [1.54, 1.807) is 0 Å². The number of rotatable bonds is 4. The maximum atomic E-state index is 6.73. The third-order valence-electron chi connectivity index (χ3n) is 10.0. The number of para-hydroxylation sites is 2. The van der Waals surface area contributed by atoms with Gasteiger partial charge in [-0.25, -0.2) is 9.97 Å². The Balaban J connectivity index is 1.15. The predicted octanol–water partition coefficient (Wildman–Crippen LogP) is 9.02. The lowest BCUT2D eigenvalue weighted by Gasteiger charge is -2.22. The predicted molar refractivity (Wildman–Crippen MR) is 194 cm³/mol. The molecule has 0 saturated heterocycles. The molecule has 5 aromatic carbocycles. The SMILES string of the molecule is C1=CC2c3ccccc3OC2c2c1n(-c1ccccc1)c1ccc(-c3nc(-c4ccc(-c5ccccc5)cc4)c4c(n3)=CCCC=4)cc21. The highest BCUT2D eigenvalue weighted by atomic mass is 16.5. The molecule has 0 spiro atoms. The zero-order valence-corrected chi connectivity index (χ0v) is 26.3. The van der Waals surface area contributed by atoms with E-state index in [0.717, 1.165) is 68.7 Å². The Labute approximate surface area is 278 Å². The molecule has 0 fully saturated rings. The van der Waals surface area contributed by atoms with Gasteiger partial charge in [-0.3, -0.25) is 0 Å². The summed E-state index contributed by atoms with van der Waals surface area (Å²) in [5.74, 6) is 1.88. The second kappa shape index (κ2) is 10.8. The van der Waals surface area contributed by atoms with Crippen LogP contribution in [-0.2, 0) is 0 Å². The standard InChI is InChI=1S/C44H31N3O/c1-3-11-28(12-4-1)29-19-21-30(22-20-29)42-35-16-7-9-17-37(35)45-44(46-42)31-23-25-38-36(27-31)41-39(47(38)32-13-5-2-6-14-32)26-24-34-33-15-8-10-18-40(33)48-43(34)41/h1-6,8,10-27,34,43H,7,9H2. The van der Waals surface area contributed by atoms with Crippen molar-refractivity contribution in [2.75, 3.05) is 0 Å². The second-order valence-corrected chi connectivity index (χ2v) is 12.8. The number of aromatic nitrogens is 3. The van der Waals surface area contributed by atoms with Crippen molar-refractivity contribution in [2.24, 2.45) is 0 Å². The van der Waals surface area contributed by atoms with Gasteiger partial charge in [0.1, 0.15) is 11.9 Å². The average Bonchev–Trinajstić information content (AvgIpc) is 3.70. The normalized spacial score (nSPS) is 17.0. The van der Waals surface area contributed by atoms with Crippen LogP contribution in [0.3, 0.4) is 0 Å². The molecule has 228 valence electrons. The third kappa shape index (κ3) is 4.22. The summed E-state index contributed by atoms with van der Waals surface area (Å²) in [4.78, 5) is 10.5. The molecule has 2 aromatic heterocycles. The van der Waals surface area contributed by atoms with Crippen LogP contribution in [0.5, 0.6) is 5.75 Å². The fourth-order valence-corrected chi connectivity index (χ4v) is 7.76. The summed E-state index contributed by atoms with van der Waals surface area (Å²) < 4.78 is 9.09. The van der Waals surface area contributed by atoms with Crippen LogP contribution in [0, 0.1) is 0 Å². The Hall–Kier alpha value is -6.00. The summed E-state index contributed by atoms with van der Waals surface area (Å²) in [5, 5.41) is 3.30. The summed E-state index contributed by atoms with van der Waals surface area (Å²) >= 11 is 0. The first kappa shape index (κ1) is 27.1. The van der Waals surface area contributed by atoms with Crippen LogP contribution in [0.25, 0.3) is 68.6 Å². The van der Waals surface area contributed by atoms with Crippen molar-refractivity contribution in [2.45, 2.75) is 24.9 Å². The summed E-state index contributed by atoms with van der Waals surface area (Å²) in [5.41, 5.74) is 11.4. The third-order valence-corrected chi connectivity index (χ3v) is 10.0. The topological polar surface area (TPSA) is 39.9 Å². The maximum absolute atomic E-state index is 6.73. The molecule has 0 N–H and O–H groups in total. The van der Waals surface area contributed by atoms with E-state index in [1.807, 2.05) is 0 Å². The van der Waals surface area contributed by atoms with Gasteiger partial charge in [0.05, 0.1) is 22.3 Å². The van der Waals surface area contributed by atoms with Crippen molar-refractivity contribution in [1.29, 1.82) is 0 Å². The van der Waals surface area contributed by atoms with Crippen molar-refractivity contribution < 1.29 is 4.74 Å². The average molecular weight is 618 g/mol. The second-order valence-electron chi connectivity index (χ2n) is 12.8. The van der Waals surface area contributed by atoms with E-state index in [4.69, 9.17) is 14.7 Å². The smallest absolute Gasteiger partial charge is 0.160 e. The molecule has 0 bridgehead atoms. The Morgan fingerprint density at radius 1 is 0.646 bits per heavy atom. The monoisotopic (exact) mass is 617 g/mol. The highest BCUT2D eigenvalue weighted by molar-refractivity contribution is 5.94. The maximum Gasteiger partial charge on any atom is 0.160 e. The van der Waals surface area contributed by atoms with Gasteiger partial charge >= 0.3 is 0 Å². The van der Waals surface area contributed by atoms with E-state index in [-0.39, 0.29) is 12.0 Å². The lowest BCUT2D eigenvalue weighted by Crippen LogP contribution is -2.33. The van der Waals surface area contributed by atoms with Gasteiger partial charge in [0.15, 0.2) is 5.82 Å². The first-order valence-corrected chi connectivity index (χ1v) is 16.7. The summed E-state index contributed by atoms with van der Waals surface area (Å²) in [6.45, 7) is 0. The number of fused-ring (bicyclic) bond motifs is 8. The number of nitrogens with zero attached hydrogens (tertiary/aromatic N) is 3. The van der Waals surface area contributed by atoms with Crippen LogP contribution in [0.15, 0.2) is 133 Å². The molecule has 1 aliphatic heterocycles. The molecular formula is C44H31N3O. The van der Waals surface area contributed by atoms with Gasteiger partial charge in [-0.1, -0.05) is 109 Å². The number of ether oxygens (including phenoxy) is 1. The van der Waals surface area contributed by atoms with Crippen molar-refractivity contribution in [3.05, 3.63) is 161 Å². The highest BCUT2D eigenvalue weighted by Crippen LogP contribution is 2.53. The number of hydrogen-bond donors (Lipinski definition) is 0. The van der Waals surface area contributed by atoms with E-state index in [9.17, 15) is 0 Å². The molecule has 7 aromatic rings. The first-order valence-electron chi connectivity index (χ1n) is 16.7. The van der Waals surface area contributed by atoms with Gasteiger partial charge in [-0.2, -0.15) is 0 Å². The molecule has 48 heavy (non-hydrogen) atoms. The van der Waals surface area contributed by atoms with Crippen LogP contribution >= 0.6 is 0 Å². The lowest BCUT2D eigenvalue weighted by atomic mass is 9.85. The zero-order chi connectivity index (χ0) is 31.6. The first-order chi connectivity index (χ1) is 23.8. The van der Waals surface area contributed by atoms with Gasteiger partial charge < -0.3 is 9.30 Å². The lowest BCUT2D eigenvalue weighted by molar-refractivity contribution is 0.224. The van der Waals surface area contributed by atoms with Gasteiger partial charge in [-0.05, 0) is 66.4 Å². The van der Waals surface area contributed by atoms with Crippen molar-refractivity contribution in [3.8, 4) is 45.2 Å². The van der Waals surface area contributed by atoms with Crippen LogP contribution in [0.2, 0.25) is 0 Å². The Morgan fingerprint density at radius 2 is 1.35 bits per heavy atom. The minimum atomic E-state index is -0.101. The molecule has 10 rings (SSSR count). The fraction of sp³-hybridized carbons (Fsp3) is 0.0909. The van der Waals surface area contributed by atoms with E-state index < -0.39 is 0 Å². The molecule has 2 aliphatic carbocycles. The van der Waals surface area contributed by atoms with E-state index in [0.29, 0.717) is 0 Å². The van der Waals surface area contributed by atoms with Crippen LogP contribution in [-0.4, -0.2) is 14.5 Å². The molecule has 0 amide bonds. The molecule has 2 atom stereocenters. The van der Waals surface area contributed by atoms with Crippen LogP contribution < -0.4 is 15.3 Å². The fourth-order valence-electron chi connectivity index (χ4n) is 7.76. The highest BCUT2D eigenvalue weighted by Gasteiger charge is 2.40. The zero-order valence-electron chi connectivity index (χ0n) is 26.3. The van der Waals surface area contributed by atoms with Gasteiger partial charge in [0.25, 0.3) is 0 Å². The largest absolute Gasteiger partial charge is 0.484 e. The van der Waals surface area contributed by atoms with E-state index >= 15 is 0 Å². The van der Waals surface area contributed by atoms with Crippen molar-refractivity contribution in [3.63, 3.8) is 0 Å². The Kier molecular flexibility index (Phi) is 6.10. The molecule has 3 heterocycles. The van der Waals surface area contributed by atoms with E-state index in [1.165, 1.54) is 27.6 Å². The molecule has 4 heteroatoms. The summed E-state index contributed by atoms with van der Waals surface area (Å²) in [6, 6.07) is 45.0. The van der Waals surface area contributed by atoms with Gasteiger partial charge in [0, 0.05) is 44.5 Å². The van der Waals surface area contributed by atoms with Crippen molar-refractivity contribution >= 4 is 29.1 Å². The molecule has 2 unspecified atom stereocenters. The molecular weight excluding hydrogens is 587 g/mol. The van der Waals surface area contributed by atoms with Crippen LogP contribution in [0.4, 0.5) is 0 Å². The van der Waals surface area contributed by atoms with Gasteiger partial charge in [0.2, 0.25) is 0 Å². The Morgan fingerprint density at radius 3 is 2.21 bits per heavy atom. The summed E-state index contributed by atoms with van der Waals surface area (Å²) in [6.07, 6.45) is 11.0. The Bertz CT molecular complexity index is 2530. The molecule has 0 radical (unpaired) electrons. The molecule has 0 saturated carbocycles. The minimum Gasteiger partial charge on any atom is -0.484 e. The van der Waals surface area contributed by atoms with Gasteiger partial charge in [-0.15, -0.1) is 0 Å². The molecule has 4 nitrogen and oxygen atoms in total.